The number of hydrazine groups is 1. The van der Waals surface area contributed by atoms with E-state index in [2.05, 4.69) is 9.82 Å². The fourth-order valence-corrected chi connectivity index (χ4v) is 2.78. The maximum Gasteiger partial charge on any atom is 0.292 e. The van der Waals surface area contributed by atoms with Crippen LogP contribution >= 0.6 is 0 Å². The second-order valence-electron chi connectivity index (χ2n) is 5.83. The van der Waals surface area contributed by atoms with Gasteiger partial charge in [0.25, 0.3) is 15.1 Å². The van der Waals surface area contributed by atoms with E-state index in [4.69, 9.17) is 4.42 Å². The van der Waals surface area contributed by atoms with Gasteiger partial charge in [0.2, 0.25) is 11.8 Å². The molecule has 112 valence electrons. The summed E-state index contributed by atoms with van der Waals surface area (Å²) < 4.78 is 29.6. The number of hydrogen-bond donors (Lipinski definition) is 1. The molecule has 20 heavy (non-hydrogen) atoms. The van der Waals surface area contributed by atoms with Gasteiger partial charge in [0.15, 0.2) is 0 Å². The van der Waals surface area contributed by atoms with Crippen LogP contribution in [0.25, 0.3) is 0 Å². The highest BCUT2D eigenvalue weighted by molar-refractivity contribution is 7.89. The van der Waals surface area contributed by atoms with Crippen LogP contribution in [0.4, 0.5) is 0 Å². The molecule has 0 bridgehead atoms. The van der Waals surface area contributed by atoms with E-state index < -0.39 is 10.0 Å². The molecule has 8 heteroatoms. The first-order valence-corrected chi connectivity index (χ1v) is 7.97. The molecule has 0 aromatic carbocycles. The number of piperidine rings is 1. The largest absolute Gasteiger partial charge is 0.427 e. The van der Waals surface area contributed by atoms with Crippen molar-refractivity contribution >= 4 is 15.9 Å². The van der Waals surface area contributed by atoms with Gasteiger partial charge in [0.1, 0.15) is 0 Å². The Labute approximate surface area is 118 Å². The molecule has 0 saturated carbocycles. The first-order valence-electron chi connectivity index (χ1n) is 6.49. The summed E-state index contributed by atoms with van der Waals surface area (Å²) in [5.41, 5.74) is -0.380. The number of hydrogen-bond acceptors (Lipinski definition) is 5. The van der Waals surface area contributed by atoms with Gasteiger partial charge in [-0.15, -0.1) is 4.83 Å². The first kappa shape index (κ1) is 15.0. The van der Waals surface area contributed by atoms with Crippen molar-refractivity contribution in [3.8, 4) is 0 Å². The number of oxazole rings is 1. The smallest absolute Gasteiger partial charge is 0.292 e. The summed E-state index contributed by atoms with van der Waals surface area (Å²) in [6, 6.07) is 0. The highest BCUT2D eigenvalue weighted by Gasteiger charge is 2.29. The number of carbonyl (C=O) groups excluding carboxylic acids is 1. The summed E-state index contributed by atoms with van der Waals surface area (Å²) in [6.07, 6.45) is 3.08. The molecule has 7 nitrogen and oxygen atoms in total. The van der Waals surface area contributed by atoms with E-state index in [0.717, 1.165) is 24.0 Å². The highest BCUT2D eigenvalue weighted by atomic mass is 32.2. The number of amides is 1. The van der Waals surface area contributed by atoms with E-state index in [1.165, 1.54) is 0 Å². The van der Waals surface area contributed by atoms with Crippen molar-refractivity contribution in [2.75, 3.05) is 6.54 Å². The summed E-state index contributed by atoms with van der Waals surface area (Å²) >= 11 is 0. The summed E-state index contributed by atoms with van der Waals surface area (Å²) in [6.45, 7) is 5.99. The molecule has 1 amide bonds. The lowest BCUT2D eigenvalue weighted by Crippen LogP contribution is -2.48. The molecule has 1 saturated heterocycles. The zero-order valence-electron chi connectivity index (χ0n) is 11.8. The SMILES string of the molecule is CC(C)(C)c1ncc(S(=O)(=O)NN2CCCCC2=O)o1. The Kier molecular flexibility index (Phi) is 3.88. The van der Waals surface area contributed by atoms with Crippen LogP contribution in [0.5, 0.6) is 0 Å². The normalized spacial score (nSPS) is 17.6. The van der Waals surface area contributed by atoms with E-state index in [1.807, 2.05) is 20.8 Å². The van der Waals surface area contributed by atoms with Gasteiger partial charge >= 0.3 is 0 Å². The lowest BCUT2D eigenvalue weighted by Gasteiger charge is -2.26. The molecule has 0 spiro atoms. The second-order valence-corrected chi connectivity index (χ2v) is 7.42. The number of nitrogens with one attached hydrogen (secondary N) is 1. The fourth-order valence-electron chi connectivity index (χ4n) is 1.82. The average Bonchev–Trinajstić information content (AvgIpc) is 2.81. The summed E-state index contributed by atoms with van der Waals surface area (Å²) in [7, 11) is -3.91. The maximum atomic E-state index is 12.1. The molecule has 1 aromatic heterocycles. The molecule has 0 unspecified atom stereocenters. The van der Waals surface area contributed by atoms with E-state index in [1.54, 1.807) is 0 Å². The van der Waals surface area contributed by atoms with Crippen LogP contribution in [0.1, 0.15) is 45.9 Å². The molecule has 0 aliphatic carbocycles. The number of rotatable bonds is 3. The molecule has 2 heterocycles. The van der Waals surface area contributed by atoms with Crippen LogP contribution < -0.4 is 4.83 Å². The van der Waals surface area contributed by atoms with Crippen LogP contribution in [0.2, 0.25) is 0 Å². The van der Waals surface area contributed by atoms with Crippen LogP contribution in [0.3, 0.4) is 0 Å². The molecule has 0 radical (unpaired) electrons. The molecular formula is C12H19N3O4S. The van der Waals surface area contributed by atoms with Crippen LogP contribution in [0, 0.1) is 0 Å². The van der Waals surface area contributed by atoms with E-state index in [-0.39, 0.29) is 16.4 Å². The molecule has 1 fully saturated rings. The van der Waals surface area contributed by atoms with E-state index in [9.17, 15) is 13.2 Å². The van der Waals surface area contributed by atoms with E-state index >= 15 is 0 Å². The number of aromatic nitrogens is 1. The third-order valence-electron chi connectivity index (χ3n) is 2.94. The molecule has 1 N–H and O–H groups in total. The Balaban J connectivity index is 2.18. The molecule has 1 aromatic rings. The van der Waals surface area contributed by atoms with Crippen molar-refractivity contribution in [2.45, 2.75) is 50.5 Å². The minimum absolute atomic E-state index is 0.226. The standard InChI is InChI=1S/C12H19N3O4S/c1-12(2,3)11-13-8-10(19-11)20(17,18)14-15-7-5-4-6-9(15)16/h8,14H,4-7H2,1-3H3. The van der Waals surface area contributed by atoms with Gasteiger partial charge in [-0.25, -0.2) is 13.4 Å². The van der Waals surface area contributed by atoms with Gasteiger partial charge in [-0.2, -0.15) is 0 Å². The topological polar surface area (TPSA) is 92.5 Å². The Morgan fingerprint density at radius 3 is 2.60 bits per heavy atom. The number of carbonyl (C=O) groups is 1. The Bertz CT molecular complexity index is 600. The predicted molar refractivity (Wildman–Crippen MR) is 71.1 cm³/mol. The minimum Gasteiger partial charge on any atom is -0.427 e. The van der Waals surface area contributed by atoms with Crippen molar-refractivity contribution in [1.29, 1.82) is 0 Å². The Hall–Kier alpha value is -1.41. The van der Waals surface area contributed by atoms with Crippen LogP contribution in [-0.2, 0) is 20.2 Å². The van der Waals surface area contributed by atoms with Crippen LogP contribution in [0.15, 0.2) is 15.7 Å². The summed E-state index contributed by atoms with van der Waals surface area (Å²) in [5, 5.41) is 0.846. The average molecular weight is 301 g/mol. The van der Waals surface area contributed by atoms with Crippen molar-refractivity contribution in [1.82, 2.24) is 14.8 Å². The molecule has 1 aliphatic rings. The number of nitrogens with zero attached hydrogens (tertiary/aromatic N) is 2. The van der Waals surface area contributed by atoms with Crippen molar-refractivity contribution < 1.29 is 17.6 Å². The van der Waals surface area contributed by atoms with Crippen LogP contribution in [-0.4, -0.2) is 30.9 Å². The summed E-state index contributed by atoms with van der Waals surface area (Å²) in [5.74, 6) is 0.109. The van der Waals surface area contributed by atoms with Gasteiger partial charge in [-0.3, -0.25) is 9.80 Å². The zero-order valence-corrected chi connectivity index (χ0v) is 12.7. The molecule has 1 aliphatic heterocycles. The predicted octanol–water partition coefficient (Wildman–Crippen LogP) is 1.18. The Morgan fingerprint density at radius 1 is 1.35 bits per heavy atom. The van der Waals surface area contributed by atoms with Gasteiger partial charge in [-0.05, 0) is 12.8 Å². The fraction of sp³-hybridized carbons (Fsp3) is 0.667. The highest BCUT2D eigenvalue weighted by Crippen LogP contribution is 2.23. The summed E-state index contributed by atoms with van der Waals surface area (Å²) in [4.78, 5) is 17.8. The molecular weight excluding hydrogens is 282 g/mol. The monoisotopic (exact) mass is 301 g/mol. The first-order chi connectivity index (χ1) is 9.20. The van der Waals surface area contributed by atoms with E-state index in [0.29, 0.717) is 18.9 Å². The molecule has 2 rings (SSSR count). The quantitative estimate of drug-likeness (QED) is 0.905. The third kappa shape index (κ3) is 3.18. The van der Waals surface area contributed by atoms with Crippen molar-refractivity contribution in [2.24, 2.45) is 0 Å². The van der Waals surface area contributed by atoms with Crippen molar-refractivity contribution in [3.05, 3.63) is 12.1 Å². The third-order valence-corrected chi connectivity index (χ3v) is 4.12. The Morgan fingerprint density at radius 2 is 2.05 bits per heavy atom. The zero-order chi connectivity index (χ0) is 15.0. The maximum absolute atomic E-state index is 12.1. The number of sulfonamides is 1. The lowest BCUT2D eigenvalue weighted by atomic mass is 9.97. The van der Waals surface area contributed by atoms with Crippen molar-refractivity contribution in [3.63, 3.8) is 0 Å². The van der Waals surface area contributed by atoms with Gasteiger partial charge in [0.05, 0.1) is 6.20 Å². The minimum atomic E-state index is -3.91. The second kappa shape index (κ2) is 5.17. The van der Waals surface area contributed by atoms with Gasteiger partial charge < -0.3 is 4.42 Å². The lowest BCUT2D eigenvalue weighted by molar-refractivity contribution is -0.134. The molecule has 0 atom stereocenters. The van der Waals surface area contributed by atoms with Gasteiger partial charge in [-0.1, -0.05) is 20.8 Å². The van der Waals surface area contributed by atoms with Gasteiger partial charge in [0, 0.05) is 18.4 Å².